The molecule has 3 unspecified atom stereocenters. The molecule has 3 atom stereocenters. The van der Waals surface area contributed by atoms with Crippen molar-refractivity contribution in [3.8, 4) is 0 Å². The van der Waals surface area contributed by atoms with E-state index in [1.54, 1.807) is 0 Å². The number of nitrogen functional groups attached to an aromatic ring is 1. The van der Waals surface area contributed by atoms with E-state index in [4.69, 9.17) is 11.5 Å². The Morgan fingerprint density at radius 3 is 2.71 bits per heavy atom. The van der Waals surface area contributed by atoms with Gasteiger partial charge in [0.2, 0.25) is 5.91 Å². The third kappa shape index (κ3) is 3.44. The van der Waals surface area contributed by atoms with E-state index in [0.717, 1.165) is 30.5 Å². The van der Waals surface area contributed by atoms with Crippen molar-refractivity contribution in [2.45, 2.75) is 38.3 Å². The first-order chi connectivity index (χ1) is 11.6. The molecule has 0 radical (unpaired) electrons. The minimum Gasteiger partial charge on any atom is -0.399 e. The van der Waals surface area contributed by atoms with Gasteiger partial charge in [-0.25, -0.2) is 0 Å². The van der Waals surface area contributed by atoms with Crippen LogP contribution < -0.4 is 16.8 Å². The van der Waals surface area contributed by atoms with Crippen molar-refractivity contribution in [3.05, 3.63) is 65.2 Å². The summed E-state index contributed by atoms with van der Waals surface area (Å²) >= 11 is 0. The number of anilines is 1. The molecule has 126 valence electrons. The van der Waals surface area contributed by atoms with E-state index in [-0.39, 0.29) is 23.9 Å². The van der Waals surface area contributed by atoms with Gasteiger partial charge in [0.25, 0.3) is 0 Å². The molecule has 1 amide bonds. The Labute approximate surface area is 143 Å². The van der Waals surface area contributed by atoms with Crippen LogP contribution in [0.4, 0.5) is 5.69 Å². The summed E-state index contributed by atoms with van der Waals surface area (Å²) in [7, 11) is 0. The Morgan fingerprint density at radius 1 is 1.21 bits per heavy atom. The molecule has 5 N–H and O–H groups in total. The normalized spacial score (nSPS) is 19.2. The van der Waals surface area contributed by atoms with Gasteiger partial charge in [0, 0.05) is 11.7 Å². The molecule has 0 aromatic heterocycles. The molecule has 0 fully saturated rings. The fraction of sp³-hybridized carbons (Fsp3) is 0.350. The molecule has 0 heterocycles. The summed E-state index contributed by atoms with van der Waals surface area (Å²) in [5, 5.41) is 3.19. The molecule has 4 heteroatoms. The van der Waals surface area contributed by atoms with E-state index in [9.17, 15) is 4.79 Å². The third-order valence-corrected chi connectivity index (χ3v) is 4.93. The number of amides is 1. The first-order valence-corrected chi connectivity index (χ1v) is 8.55. The van der Waals surface area contributed by atoms with Gasteiger partial charge < -0.3 is 16.8 Å². The Bertz CT molecular complexity index is 714. The summed E-state index contributed by atoms with van der Waals surface area (Å²) in [6.45, 7) is 1.89. The molecule has 24 heavy (non-hydrogen) atoms. The van der Waals surface area contributed by atoms with Crippen LogP contribution in [0.5, 0.6) is 0 Å². The molecule has 3 rings (SSSR count). The van der Waals surface area contributed by atoms with Gasteiger partial charge in [-0.3, -0.25) is 4.79 Å². The van der Waals surface area contributed by atoms with Gasteiger partial charge in [-0.15, -0.1) is 0 Å². The number of hydrogen-bond donors (Lipinski definition) is 3. The molecule has 0 bridgehead atoms. The van der Waals surface area contributed by atoms with Crippen LogP contribution in [0.1, 0.15) is 48.5 Å². The Balaban J connectivity index is 1.71. The molecule has 4 nitrogen and oxygen atoms in total. The lowest BCUT2D eigenvalue weighted by atomic mass is 9.86. The second-order valence-corrected chi connectivity index (χ2v) is 6.64. The summed E-state index contributed by atoms with van der Waals surface area (Å²) in [6, 6.07) is 15.5. The van der Waals surface area contributed by atoms with E-state index >= 15 is 0 Å². The minimum atomic E-state index is -0.305. The quantitative estimate of drug-likeness (QED) is 0.756. The topological polar surface area (TPSA) is 81.1 Å². The average molecular weight is 323 g/mol. The SMILES string of the molecule is CC(C(=O)NC1CCCc2cc(N)ccc21)C(N)c1ccccc1. The maximum absolute atomic E-state index is 12.7. The number of benzene rings is 2. The highest BCUT2D eigenvalue weighted by Crippen LogP contribution is 2.31. The van der Waals surface area contributed by atoms with Crippen LogP contribution in [-0.2, 0) is 11.2 Å². The van der Waals surface area contributed by atoms with E-state index in [2.05, 4.69) is 5.32 Å². The second-order valence-electron chi connectivity index (χ2n) is 6.64. The van der Waals surface area contributed by atoms with Crippen LogP contribution in [0.3, 0.4) is 0 Å². The van der Waals surface area contributed by atoms with Crippen LogP contribution in [0, 0.1) is 5.92 Å². The summed E-state index contributed by atoms with van der Waals surface area (Å²) in [6.07, 6.45) is 3.03. The molecule has 0 saturated heterocycles. The molecule has 1 aliphatic carbocycles. The maximum atomic E-state index is 12.7. The zero-order chi connectivity index (χ0) is 17.1. The minimum absolute atomic E-state index is 0.000952. The average Bonchev–Trinajstić information content (AvgIpc) is 2.61. The van der Waals surface area contributed by atoms with Gasteiger partial charge in [-0.1, -0.05) is 43.3 Å². The molecule has 2 aromatic rings. The Kier molecular flexibility index (Phi) is 4.86. The van der Waals surface area contributed by atoms with Crippen LogP contribution in [-0.4, -0.2) is 5.91 Å². The van der Waals surface area contributed by atoms with Crippen molar-refractivity contribution in [1.29, 1.82) is 0 Å². The molecule has 2 aromatic carbocycles. The molecule has 0 aliphatic heterocycles. The fourth-order valence-corrected chi connectivity index (χ4v) is 3.41. The van der Waals surface area contributed by atoms with Gasteiger partial charge >= 0.3 is 0 Å². The molecule has 0 spiro atoms. The number of nitrogens with one attached hydrogen (secondary N) is 1. The van der Waals surface area contributed by atoms with E-state index in [1.807, 2.05) is 55.5 Å². The van der Waals surface area contributed by atoms with Crippen LogP contribution in [0.2, 0.25) is 0 Å². The Morgan fingerprint density at radius 2 is 1.96 bits per heavy atom. The number of aryl methyl sites for hydroxylation is 1. The summed E-state index contributed by atoms with van der Waals surface area (Å²) in [4.78, 5) is 12.7. The smallest absolute Gasteiger partial charge is 0.225 e. The van der Waals surface area contributed by atoms with Crippen molar-refractivity contribution in [2.24, 2.45) is 11.7 Å². The standard InChI is InChI=1S/C20H25N3O/c1-13(19(22)14-6-3-2-4-7-14)20(24)23-18-9-5-8-15-12-16(21)10-11-17(15)18/h2-4,6-7,10-13,18-19H,5,8-9,21-22H2,1H3,(H,23,24). The summed E-state index contributed by atoms with van der Waals surface area (Å²) < 4.78 is 0. The molecular weight excluding hydrogens is 298 g/mol. The van der Waals surface area contributed by atoms with Gasteiger partial charge in [0.15, 0.2) is 0 Å². The first kappa shape index (κ1) is 16.5. The number of carbonyl (C=O) groups is 1. The predicted molar refractivity (Wildman–Crippen MR) is 97.2 cm³/mol. The number of rotatable bonds is 4. The van der Waals surface area contributed by atoms with Crippen LogP contribution in [0.15, 0.2) is 48.5 Å². The zero-order valence-corrected chi connectivity index (χ0v) is 14.0. The van der Waals surface area contributed by atoms with Gasteiger partial charge in [0.1, 0.15) is 0 Å². The van der Waals surface area contributed by atoms with Crippen molar-refractivity contribution in [3.63, 3.8) is 0 Å². The van der Waals surface area contributed by atoms with Gasteiger partial charge in [-0.2, -0.15) is 0 Å². The second kappa shape index (κ2) is 7.05. The van der Waals surface area contributed by atoms with E-state index < -0.39 is 0 Å². The van der Waals surface area contributed by atoms with Gasteiger partial charge in [0.05, 0.1) is 12.0 Å². The first-order valence-electron chi connectivity index (χ1n) is 8.55. The lowest BCUT2D eigenvalue weighted by Gasteiger charge is -2.29. The van der Waals surface area contributed by atoms with Crippen LogP contribution in [0.25, 0.3) is 0 Å². The van der Waals surface area contributed by atoms with Crippen molar-refractivity contribution in [1.82, 2.24) is 5.32 Å². The number of carbonyl (C=O) groups excluding carboxylic acids is 1. The highest BCUT2D eigenvalue weighted by molar-refractivity contribution is 5.80. The highest BCUT2D eigenvalue weighted by atomic mass is 16.2. The van der Waals surface area contributed by atoms with E-state index in [1.165, 1.54) is 11.1 Å². The number of hydrogen-bond acceptors (Lipinski definition) is 3. The van der Waals surface area contributed by atoms with Crippen molar-refractivity contribution < 1.29 is 4.79 Å². The summed E-state index contributed by atoms with van der Waals surface area (Å²) in [5.74, 6) is -0.285. The largest absolute Gasteiger partial charge is 0.399 e. The number of nitrogens with two attached hydrogens (primary N) is 2. The van der Waals surface area contributed by atoms with Crippen molar-refractivity contribution in [2.75, 3.05) is 5.73 Å². The monoisotopic (exact) mass is 323 g/mol. The molecule has 1 aliphatic rings. The summed E-state index contributed by atoms with van der Waals surface area (Å²) in [5.41, 5.74) is 16.3. The predicted octanol–water partition coefficient (Wildman–Crippen LogP) is 3.10. The highest BCUT2D eigenvalue weighted by Gasteiger charge is 2.27. The molecule has 0 saturated carbocycles. The van der Waals surface area contributed by atoms with Crippen LogP contribution >= 0.6 is 0 Å². The Hall–Kier alpha value is -2.33. The number of fused-ring (bicyclic) bond motifs is 1. The van der Waals surface area contributed by atoms with Crippen molar-refractivity contribution >= 4 is 11.6 Å². The van der Waals surface area contributed by atoms with Gasteiger partial charge in [-0.05, 0) is 48.1 Å². The maximum Gasteiger partial charge on any atom is 0.225 e. The lowest BCUT2D eigenvalue weighted by molar-refractivity contribution is -0.126. The lowest BCUT2D eigenvalue weighted by Crippen LogP contribution is -2.38. The fourth-order valence-electron chi connectivity index (χ4n) is 3.41. The third-order valence-electron chi connectivity index (χ3n) is 4.93. The van der Waals surface area contributed by atoms with E-state index in [0.29, 0.717) is 0 Å². The zero-order valence-electron chi connectivity index (χ0n) is 14.0. The molecular formula is C20H25N3O.